The van der Waals surface area contributed by atoms with Gasteiger partial charge in [-0.25, -0.2) is 4.98 Å². The van der Waals surface area contributed by atoms with Crippen molar-refractivity contribution < 1.29 is 27.4 Å². The van der Waals surface area contributed by atoms with E-state index in [1.807, 2.05) is 6.92 Å². The Hall–Kier alpha value is -2.98. The average molecular weight is 471 g/mol. The SMILES string of the molecule is COc1ccc(C(F)(F)F)cc1Nc1ncc(C(=O)N2CCOCC2)c2c(C)c[nH]c12.Cl. The average Bonchev–Trinajstić information content (AvgIpc) is 3.15. The van der Waals surface area contributed by atoms with Gasteiger partial charge in [0.25, 0.3) is 5.91 Å². The highest BCUT2D eigenvalue weighted by atomic mass is 35.5. The van der Waals surface area contributed by atoms with E-state index in [1.165, 1.54) is 19.4 Å². The van der Waals surface area contributed by atoms with Crippen molar-refractivity contribution in [3.8, 4) is 5.75 Å². The number of aryl methyl sites for hydroxylation is 1. The molecule has 7 nitrogen and oxygen atoms in total. The molecule has 0 bridgehead atoms. The molecule has 2 N–H and O–H groups in total. The first kappa shape index (κ1) is 23.7. The van der Waals surface area contributed by atoms with Crippen LogP contribution in [-0.2, 0) is 10.9 Å². The standard InChI is InChI=1S/C21H21F3N4O3.ClH/c1-12-10-25-18-17(12)14(20(29)28-5-7-31-8-6-28)11-26-19(18)27-15-9-13(21(22,23)24)3-4-16(15)30-2;/h3-4,9-11,25H,5-8H2,1-2H3,(H,26,27);1H. The van der Waals surface area contributed by atoms with Gasteiger partial charge in [0.15, 0.2) is 5.82 Å². The van der Waals surface area contributed by atoms with Crippen LogP contribution in [0.4, 0.5) is 24.7 Å². The first-order chi connectivity index (χ1) is 14.8. The number of carbonyl (C=O) groups excluding carboxylic acids is 1. The highest BCUT2D eigenvalue weighted by Crippen LogP contribution is 2.37. The Morgan fingerprint density at radius 2 is 2.00 bits per heavy atom. The van der Waals surface area contributed by atoms with Gasteiger partial charge in [-0.3, -0.25) is 4.79 Å². The predicted octanol–water partition coefficient (Wildman–Crippen LogP) is 4.54. The Balaban J connectivity index is 0.00000289. The van der Waals surface area contributed by atoms with Crippen LogP contribution in [0.5, 0.6) is 5.75 Å². The number of hydrogen-bond donors (Lipinski definition) is 2. The number of aromatic nitrogens is 2. The summed E-state index contributed by atoms with van der Waals surface area (Å²) in [6, 6.07) is 3.17. The van der Waals surface area contributed by atoms with Gasteiger partial charge in [-0.15, -0.1) is 12.4 Å². The number of pyridine rings is 1. The maximum absolute atomic E-state index is 13.2. The summed E-state index contributed by atoms with van der Waals surface area (Å²) in [7, 11) is 1.37. The molecule has 1 saturated heterocycles. The van der Waals surface area contributed by atoms with Gasteiger partial charge in [-0.05, 0) is 30.7 Å². The summed E-state index contributed by atoms with van der Waals surface area (Å²) in [5.41, 5.74) is 1.08. The van der Waals surface area contributed by atoms with Gasteiger partial charge in [-0.2, -0.15) is 13.2 Å². The minimum atomic E-state index is -4.50. The van der Waals surface area contributed by atoms with Crippen LogP contribution in [-0.4, -0.2) is 54.2 Å². The van der Waals surface area contributed by atoms with Crippen LogP contribution in [0.3, 0.4) is 0 Å². The number of morpholine rings is 1. The van der Waals surface area contributed by atoms with Crippen molar-refractivity contribution in [3.05, 3.63) is 47.3 Å². The molecule has 2 aromatic heterocycles. The largest absolute Gasteiger partial charge is 0.495 e. The third kappa shape index (κ3) is 4.46. The fourth-order valence-electron chi connectivity index (χ4n) is 3.62. The first-order valence-electron chi connectivity index (χ1n) is 9.65. The molecule has 11 heteroatoms. The fraction of sp³-hybridized carbons (Fsp3) is 0.333. The minimum Gasteiger partial charge on any atom is -0.495 e. The molecule has 4 rings (SSSR count). The lowest BCUT2D eigenvalue weighted by Gasteiger charge is -2.27. The second-order valence-electron chi connectivity index (χ2n) is 7.18. The number of amides is 1. The van der Waals surface area contributed by atoms with E-state index in [4.69, 9.17) is 9.47 Å². The topological polar surface area (TPSA) is 79.5 Å². The van der Waals surface area contributed by atoms with Crippen LogP contribution in [0, 0.1) is 6.92 Å². The lowest BCUT2D eigenvalue weighted by atomic mass is 10.1. The van der Waals surface area contributed by atoms with Crippen molar-refractivity contribution in [1.29, 1.82) is 0 Å². The number of hydrogen-bond acceptors (Lipinski definition) is 5. The summed E-state index contributed by atoms with van der Waals surface area (Å²) >= 11 is 0. The van der Waals surface area contributed by atoms with Crippen molar-refractivity contribution in [2.45, 2.75) is 13.1 Å². The van der Waals surface area contributed by atoms with E-state index in [-0.39, 0.29) is 29.8 Å². The monoisotopic (exact) mass is 470 g/mol. The van der Waals surface area contributed by atoms with Crippen molar-refractivity contribution >= 4 is 40.7 Å². The van der Waals surface area contributed by atoms with Crippen molar-refractivity contribution in [2.24, 2.45) is 0 Å². The van der Waals surface area contributed by atoms with E-state index >= 15 is 0 Å². The minimum absolute atomic E-state index is 0. The summed E-state index contributed by atoms with van der Waals surface area (Å²) in [5, 5.41) is 3.59. The van der Waals surface area contributed by atoms with Crippen LogP contribution in [0.1, 0.15) is 21.5 Å². The Kier molecular flexibility index (Phi) is 6.85. The third-order valence-corrected chi connectivity index (χ3v) is 5.21. The number of nitrogens with one attached hydrogen (secondary N) is 2. The van der Waals surface area contributed by atoms with Gasteiger partial charge < -0.3 is 24.7 Å². The molecule has 0 saturated carbocycles. The van der Waals surface area contributed by atoms with Gasteiger partial charge in [0.2, 0.25) is 0 Å². The number of benzene rings is 1. The quantitative estimate of drug-likeness (QED) is 0.585. The molecule has 0 spiro atoms. The number of methoxy groups -OCH3 is 1. The fourth-order valence-corrected chi connectivity index (χ4v) is 3.62. The van der Waals surface area contributed by atoms with Gasteiger partial charge in [0.05, 0.1) is 42.7 Å². The Bertz CT molecular complexity index is 1130. The second-order valence-corrected chi connectivity index (χ2v) is 7.18. The van der Waals surface area contributed by atoms with Crippen LogP contribution in [0.15, 0.2) is 30.6 Å². The number of rotatable bonds is 4. The van der Waals surface area contributed by atoms with Gasteiger partial charge in [0, 0.05) is 30.9 Å². The normalized spacial score (nSPS) is 14.2. The molecule has 1 aliphatic rings. The molecular formula is C21H22ClF3N4O3. The second kappa shape index (κ2) is 9.25. The van der Waals surface area contributed by atoms with Crippen LogP contribution in [0.2, 0.25) is 0 Å². The van der Waals surface area contributed by atoms with Crippen LogP contribution >= 0.6 is 12.4 Å². The lowest BCUT2D eigenvalue weighted by molar-refractivity contribution is -0.137. The highest BCUT2D eigenvalue weighted by molar-refractivity contribution is 6.10. The third-order valence-electron chi connectivity index (χ3n) is 5.21. The van der Waals surface area contributed by atoms with Crippen molar-refractivity contribution in [1.82, 2.24) is 14.9 Å². The number of alkyl halides is 3. The number of halogens is 4. The summed E-state index contributed by atoms with van der Waals surface area (Å²) in [5.74, 6) is 0.366. The molecule has 1 aliphatic heterocycles. The smallest absolute Gasteiger partial charge is 0.416 e. The number of fused-ring (bicyclic) bond motifs is 1. The van der Waals surface area contributed by atoms with Crippen LogP contribution in [0.25, 0.3) is 10.9 Å². The predicted molar refractivity (Wildman–Crippen MR) is 116 cm³/mol. The first-order valence-corrected chi connectivity index (χ1v) is 9.65. The molecule has 32 heavy (non-hydrogen) atoms. The number of nitrogens with zero attached hydrogens (tertiary/aromatic N) is 2. The lowest BCUT2D eigenvalue weighted by Crippen LogP contribution is -2.40. The van der Waals surface area contributed by atoms with Crippen LogP contribution < -0.4 is 10.1 Å². The number of ether oxygens (including phenoxy) is 2. The van der Waals surface area contributed by atoms with E-state index in [0.29, 0.717) is 48.6 Å². The molecule has 172 valence electrons. The molecule has 0 aliphatic carbocycles. The summed E-state index contributed by atoms with van der Waals surface area (Å²) < 4.78 is 50.0. The van der Waals surface area contributed by atoms with E-state index in [1.54, 1.807) is 11.1 Å². The van der Waals surface area contributed by atoms with Gasteiger partial charge in [0.1, 0.15) is 5.75 Å². The highest BCUT2D eigenvalue weighted by Gasteiger charge is 2.31. The zero-order valence-corrected chi connectivity index (χ0v) is 18.2. The number of carbonyl (C=O) groups is 1. The molecule has 0 atom stereocenters. The maximum atomic E-state index is 13.2. The number of H-pyrrole nitrogens is 1. The van der Waals surface area contributed by atoms with Gasteiger partial charge >= 0.3 is 6.18 Å². The number of anilines is 2. The van der Waals surface area contributed by atoms with Crippen molar-refractivity contribution in [3.63, 3.8) is 0 Å². The molecule has 3 heterocycles. The van der Waals surface area contributed by atoms with E-state index in [2.05, 4.69) is 15.3 Å². The summed E-state index contributed by atoms with van der Waals surface area (Å²) in [6.45, 7) is 3.78. The molecule has 1 aromatic carbocycles. The molecule has 0 unspecified atom stereocenters. The summed E-state index contributed by atoms with van der Waals surface area (Å²) in [4.78, 5) is 22.2. The molecule has 1 amide bonds. The van der Waals surface area contributed by atoms with E-state index < -0.39 is 11.7 Å². The Morgan fingerprint density at radius 3 is 2.66 bits per heavy atom. The summed E-state index contributed by atoms with van der Waals surface area (Å²) in [6.07, 6.45) is -1.32. The zero-order valence-electron chi connectivity index (χ0n) is 17.4. The molecule has 1 fully saturated rings. The molecule has 3 aromatic rings. The molecule has 0 radical (unpaired) electrons. The van der Waals surface area contributed by atoms with E-state index in [9.17, 15) is 18.0 Å². The van der Waals surface area contributed by atoms with Gasteiger partial charge in [-0.1, -0.05) is 0 Å². The number of aromatic amines is 1. The Labute approximate surface area is 188 Å². The van der Waals surface area contributed by atoms with E-state index in [0.717, 1.165) is 17.7 Å². The van der Waals surface area contributed by atoms with Crippen molar-refractivity contribution in [2.75, 3.05) is 38.7 Å². The molecular weight excluding hydrogens is 449 g/mol. The Morgan fingerprint density at radius 1 is 1.28 bits per heavy atom. The maximum Gasteiger partial charge on any atom is 0.416 e. The zero-order chi connectivity index (χ0) is 22.2.